The van der Waals surface area contributed by atoms with Crippen LogP contribution >= 0.6 is 0 Å². The summed E-state index contributed by atoms with van der Waals surface area (Å²) >= 11 is 0. The lowest BCUT2D eigenvalue weighted by Crippen LogP contribution is -2.12. The van der Waals surface area contributed by atoms with Crippen LogP contribution in [0.3, 0.4) is 0 Å². The maximum atomic E-state index is 10.2. The smallest absolute Gasteiger partial charge is 0.141 e. The third kappa shape index (κ3) is 3.33. The molecule has 2 aromatic heterocycles. The molecule has 0 saturated heterocycles. The van der Waals surface area contributed by atoms with Crippen molar-refractivity contribution >= 4 is 21.8 Å². The zero-order valence-electron chi connectivity index (χ0n) is 19.6. The van der Waals surface area contributed by atoms with E-state index in [9.17, 15) is 5.26 Å². The highest BCUT2D eigenvalue weighted by atomic mass is 16.5. The van der Waals surface area contributed by atoms with E-state index in [1.54, 1.807) is 0 Å². The van der Waals surface area contributed by atoms with Gasteiger partial charge < -0.3 is 9.09 Å². The number of nitriles is 1. The Hall–Kier alpha value is -4.62. The standard InChI is InChI=1S/C31H23N3O/c1-20-29(21(2)35-33-20)24-17-25(19-32)30-26-15-9-10-16-27(26)34(28(30)18-24)31(22-11-5-3-6-12-22)23-13-7-4-8-14-23/h3-18,31H,1-2H3. The molecule has 0 saturated carbocycles. The molecule has 0 aliphatic rings. The van der Waals surface area contributed by atoms with Gasteiger partial charge in [-0.2, -0.15) is 5.26 Å². The van der Waals surface area contributed by atoms with Crippen molar-refractivity contribution < 1.29 is 4.52 Å². The van der Waals surface area contributed by atoms with Crippen molar-refractivity contribution in [3.05, 3.63) is 125 Å². The molecular weight excluding hydrogens is 430 g/mol. The number of hydrogen-bond acceptors (Lipinski definition) is 3. The van der Waals surface area contributed by atoms with Gasteiger partial charge in [-0.1, -0.05) is 84.0 Å². The van der Waals surface area contributed by atoms with E-state index in [0.717, 1.165) is 44.4 Å². The molecule has 0 aliphatic carbocycles. The molecule has 0 spiro atoms. The van der Waals surface area contributed by atoms with E-state index in [1.165, 1.54) is 11.1 Å². The summed E-state index contributed by atoms with van der Waals surface area (Å²) in [4.78, 5) is 0. The highest BCUT2D eigenvalue weighted by Crippen LogP contribution is 2.41. The number of rotatable bonds is 4. The summed E-state index contributed by atoms with van der Waals surface area (Å²) in [6.07, 6.45) is 0. The fourth-order valence-corrected chi connectivity index (χ4v) is 5.29. The van der Waals surface area contributed by atoms with Gasteiger partial charge in [0.05, 0.1) is 34.4 Å². The summed E-state index contributed by atoms with van der Waals surface area (Å²) < 4.78 is 7.84. The van der Waals surface area contributed by atoms with Crippen LogP contribution in [0.15, 0.2) is 102 Å². The van der Waals surface area contributed by atoms with Crippen molar-refractivity contribution in [2.75, 3.05) is 0 Å². The van der Waals surface area contributed by atoms with Gasteiger partial charge in [0.2, 0.25) is 0 Å². The van der Waals surface area contributed by atoms with Crippen LogP contribution in [0.2, 0.25) is 0 Å². The van der Waals surface area contributed by atoms with Crippen LogP contribution in [0.5, 0.6) is 0 Å². The molecule has 4 aromatic carbocycles. The van der Waals surface area contributed by atoms with Gasteiger partial charge in [0.1, 0.15) is 5.76 Å². The molecule has 0 atom stereocenters. The minimum atomic E-state index is -0.0636. The first kappa shape index (κ1) is 20.9. The Morgan fingerprint density at radius 3 is 2.03 bits per heavy atom. The van der Waals surface area contributed by atoms with E-state index in [0.29, 0.717) is 5.56 Å². The second-order valence-electron chi connectivity index (χ2n) is 8.84. The number of fused-ring (bicyclic) bond motifs is 3. The van der Waals surface area contributed by atoms with Crippen LogP contribution in [-0.4, -0.2) is 9.72 Å². The maximum absolute atomic E-state index is 10.2. The Kier molecular flexibility index (Phi) is 4.97. The molecule has 4 nitrogen and oxygen atoms in total. The second kappa shape index (κ2) is 8.30. The average molecular weight is 454 g/mol. The van der Waals surface area contributed by atoms with Gasteiger partial charge in [-0.05, 0) is 48.7 Å². The molecule has 0 unspecified atom stereocenters. The van der Waals surface area contributed by atoms with Crippen molar-refractivity contribution in [1.82, 2.24) is 9.72 Å². The molecule has 0 aliphatic heterocycles. The van der Waals surface area contributed by atoms with E-state index in [2.05, 4.69) is 88.6 Å². The number of para-hydroxylation sites is 1. The molecule has 168 valence electrons. The van der Waals surface area contributed by atoms with E-state index < -0.39 is 0 Å². The van der Waals surface area contributed by atoms with Gasteiger partial charge in [0.25, 0.3) is 0 Å². The molecule has 6 rings (SSSR count). The highest BCUT2D eigenvalue weighted by molar-refractivity contribution is 6.12. The van der Waals surface area contributed by atoms with Crippen molar-refractivity contribution in [1.29, 1.82) is 5.26 Å². The SMILES string of the molecule is Cc1noc(C)c1-c1cc(C#N)c2c3ccccc3n(C(c3ccccc3)c3ccccc3)c2c1. The van der Waals surface area contributed by atoms with Gasteiger partial charge >= 0.3 is 0 Å². The van der Waals surface area contributed by atoms with Crippen LogP contribution < -0.4 is 0 Å². The lowest BCUT2D eigenvalue weighted by atomic mass is 9.96. The predicted molar refractivity (Wildman–Crippen MR) is 139 cm³/mol. The number of aromatic nitrogens is 2. The second-order valence-corrected chi connectivity index (χ2v) is 8.84. The number of benzene rings is 4. The Morgan fingerprint density at radius 2 is 1.43 bits per heavy atom. The maximum Gasteiger partial charge on any atom is 0.141 e. The van der Waals surface area contributed by atoms with Crippen molar-refractivity contribution in [3.63, 3.8) is 0 Å². The Bertz CT molecular complexity index is 1660. The third-order valence-electron chi connectivity index (χ3n) is 6.74. The first-order chi connectivity index (χ1) is 17.2. The topological polar surface area (TPSA) is 54.8 Å². The van der Waals surface area contributed by atoms with Crippen LogP contribution in [0.25, 0.3) is 32.9 Å². The quantitative estimate of drug-likeness (QED) is 0.276. The summed E-state index contributed by atoms with van der Waals surface area (Å²) in [6.45, 7) is 3.85. The molecule has 2 heterocycles. The lowest BCUT2D eigenvalue weighted by molar-refractivity contribution is 0.393. The van der Waals surface area contributed by atoms with Gasteiger partial charge in [-0.25, -0.2) is 0 Å². The average Bonchev–Trinajstić information content (AvgIpc) is 3.41. The molecule has 0 radical (unpaired) electrons. The minimum Gasteiger partial charge on any atom is -0.361 e. The minimum absolute atomic E-state index is 0.0636. The molecule has 0 N–H and O–H groups in total. The van der Waals surface area contributed by atoms with E-state index in [4.69, 9.17) is 4.52 Å². The molecule has 4 heteroatoms. The van der Waals surface area contributed by atoms with E-state index >= 15 is 0 Å². The summed E-state index contributed by atoms with van der Waals surface area (Å²) in [5.41, 5.74) is 7.81. The summed E-state index contributed by atoms with van der Waals surface area (Å²) in [5.74, 6) is 0.746. The molecule has 0 fully saturated rings. The Morgan fingerprint density at radius 1 is 0.800 bits per heavy atom. The summed E-state index contributed by atoms with van der Waals surface area (Å²) in [5, 5.41) is 16.4. The largest absolute Gasteiger partial charge is 0.361 e. The first-order valence-electron chi connectivity index (χ1n) is 11.7. The monoisotopic (exact) mass is 453 g/mol. The number of nitrogens with zero attached hydrogens (tertiary/aromatic N) is 3. The molecular formula is C31H23N3O. The normalized spacial score (nSPS) is 11.4. The number of aryl methyl sites for hydroxylation is 2. The van der Waals surface area contributed by atoms with Gasteiger partial charge in [0, 0.05) is 16.3 Å². The summed E-state index contributed by atoms with van der Waals surface area (Å²) in [6, 6.07) is 36.0. The van der Waals surface area contributed by atoms with Crippen molar-refractivity contribution in [2.45, 2.75) is 19.9 Å². The van der Waals surface area contributed by atoms with Crippen LogP contribution in [0.1, 0.15) is 34.2 Å². The van der Waals surface area contributed by atoms with Crippen LogP contribution in [-0.2, 0) is 0 Å². The summed E-state index contributed by atoms with van der Waals surface area (Å²) in [7, 11) is 0. The first-order valence-corrected chi connectivity index (χ1v) is 11.7. The molecule has 35 heavy (non-hydrogen) atoms. The predicted octanol–water partition coefficient (Wildman–Crippen LogP) is 7.58. The van der Waals surface area contributed by atoms with E-state index in [1.807, 2.05) is 38.1 Å². The van der Waals surface area contributed by atoms with E-state index in [-0.39, 0.29) is 6.04 Å². The fraction of sp³-hybridized carbons (Fsp3) is 0.0968. The van der Waals surface area contributed by atoms with Crippen LogP contribution in [0, 0.1) is 25.2 Å². The third-order valence-corrected chi connectivity index (χ3v) is 6.74. The van der Waals surface area contributed by atoms with Gasteiger partial charge in [-0.15, -0.1) is 0 Å². The van der Waals surface area contributed by atoms with Crippen molar-refractivity contribution in [2.24, 2.45) is 0 Å². The lowest BCUT2D eigenvalue weighted by Gasteiger charge is -2.23. The van der Waals surface area contributed by atoms with Crippen LogP contribution in [0.4, 0.5) is 0 Å². The molecule has 0 bridgehead atoms. The number of hydrogen-bond donors (Lipinski definition) is 0. The zero-order chi connectivity index (χ0) is 23.9. The molecule has 0 amide bonds. The Labute approximate surface area is 203 Å². The molecule has 6 aromatic rings. The van der Waals surface area contributed by atoms with Crippen molar-refractivity contribution in [3.8, 4) is 17.2 Å². The Balaban J connectivity index is 1.78. The van der Waals surface area contributed by atoms with Gasteiger partial charge in [0.15, 0.2) is 0 Å². The van der Waals surface area contributed by atoms with Gasteiger partial charge in [-0.3, -0.25) is 0 Å². The zero-order valence-corrected chi connectivity index (χ0v) is 19.6. The highest BCUT2D eigenvalue weighted by Gasteiger charge is 2.24. The fourth-order valence-electron chi connectivity index (χ4n) is 5.29.